The molecule has 5 nitrogen and oxygen atoms in total. The van der Waals surface area contributed by atoms with E-state index >= 15 is 0 Å². The highest BCUT2D eigenvalue weighted by atomic mass is 16.2. The molecule has 1 aliphatic rings. The van der Waals surface area contributed by atoms with Gasteiger partial charge in [0.25, 0.3) is 5.91 Å². The van der Waals surface area contributed by atoms with Crippen molar-refractivity contribution >= 4 is 17.5 Å². The number of likely N-dealkylation sites (N-methyl/N-ethyl adjacent to an activating group) is 1. The van der Waals surface area contributed by atoms with Gasteiger partial charge in [0.15, 0.2) is 0 Å². The molecule has 150 valence electrons. The topological polar surface area (TPSA) is 52.7 Å². The van der Waals surface area contributed by atoms with Gasteiger partial charge in [-0.05, 0) is 50.9 Å². The van der Waals surface area contributed by atoms with Gasteiger partial charge in [-0.2, -0.15) is 0 Å². The Kier molecular flexibility index (Phi) is 8.79. The van der Waals surface area contributed by atoms with Gasteiger partial charge in [0.1, 0.15) is 0 Å². The zero-order valence-corrected chi connectivity index (χ0v) is 17.2. The lowest BCUT2D eigenvalue weighted by Gasteiger charge is -2.30. The summed E-state index contributed by atoms with van der Waals surface area (Å²) in [5.74, 6) is 0.0146. The van der Waals surface area contributed by atoms with E-state index in [1.165, 1.54) is 32.1 Å². The predicted octanol–water partition coefficient (Wildman–Crippen LogP) is 4.15. The summed E-state index contributed by atoms with van der Waals surface area (Å²) >= 11 is 0. The molecular formula is C22H35N3O2. The molecule has 0 saturated heterocycles. The average Bonchev–Trinajstić information content (AvgIpc) is 2.68. The Hall–Kier alpha value is -1.88. The molecule has 0 aromatic heterocycles. The number of hydrogen-bond donors (Lipinski definition) is 1. The molecule has 0 atom stereocenters. The zero-order chi connectivity index (χ0) is 19.6. The Morgan fingerprint density at radius 3 is 2.37 bits per heavy atom. The van der Waals surface area contributed by atoms with Crippen molar-refractivity contribution in [3.63, 3.8) is 0 Å². The molecule has 1 aromatic carbocycles. The van der Waals surface area contributed by atoms with E-state index in [-0.39, 0.29) is 11.8 Å². The first-order valence-electron chi connectivity index (χ1n) is 10.4. The fraction of sp³-hybridized carbons (Fsp3) is 0.636. The largest absolute Gasteiger partial charge is 0.339 e. The van der Waals surface area contributed by atoms with Gasteiger partial charge in [0, 0.05) is 30.4 Å². The molecule has 27 heavy (non-hydrogen) atoms. The minimum atomic E-state index is -0.0216. The van der Waals surface area contributed by atoms with Crippen LogP contribution in [0.3, 0.4) is 0 Å². The van der Waals surface area contributed by atoms with E-state index in [2.05, 4.69) is 24.1 Å². The quantitative estimate of drug-likeness (QED) is 0.707. The number of carbonyl (C=O) groups is 2. The van der Waals surface area contributed by atoms with Gasteiger partial charge in [-0.15, -0.1) is 0 Å². The Morgan fingerprint density at radius 1 is 1.07 bits per heavy atom. The van der Waals surface area contributed by atoms with Crippen LogP contribution in [-0.4, -0.2) is 54.3 Å². The predicted molar refractivity (Wildman–Crippen MR) is 111 cm³/mol. The third-order valence-corrected chi connectivity index (χ3v) is 5.26. The molecule has 2 rings (SSSR count). The fourth-order valence-corrected chi connectivity index (χ4v) is 3.85. The highest BCUT2D eigenvalue weighted by Crippen LogP contribution is 2.21. The molecule has 1 aromatic rings. The van der Waals surface area contributed by atoms with Crippen LogP contribution < -0.4 is 5.32 Å². The van der Waals surface area contributed by atoms with E-state index in [4.69, 9.17) is 0 Å². The first kappa shape index (κ1) is 21.4. The summed E-state index contributed by atoms with van der Waals surface area (Å²) in [5.41, 5.74) is 1.33. The number of nitrogens with one attached hydrogen (secondary N) is 1. The summed E-state index contributed by atoms with van der Waals surface area (Å²) < 4.78 is 0. The van der Waals surface area contributed by atoms with Gasteiger partial charge in [0.05, 0.1) is 6.54 Å². The minimum absolute atomic E-state index is 0.0216. The first-order chi connectivity index (χ1) is 13.0. The molecule has 0 aliphatic heterocycles. The van der Waals surface area contributed by atoms with Crippen molar-refractivity contribution in [2.24, 2.45) is 0 Å². The van der Waals surface area contributed by atoms with Crippen LogP contribution in [0.2, 0.25) is 0 Å². The average molecular weight is 374 g/mol. The van der Waals surface area contributed by atoms with Crippen molar-refractivity contribution in [3.05, 3.63) is 29.8 Å². The van der Waals surface area contributed by atoms with E-state index in [1.807, 2.05) is 30.1 Å². The third-order valence-electron chi connectivity index (χ3n) is 5.26. The summed E-state index contributed by atoms with van der Waals surface area (Å²) in [5, 5.41) is 2.96. The van der Waals surface area contributed by atoms with Gasteiger partial charge in [-0.1, -0.05) is 39.2 Å². The number of nitrogens with zero attached hydrogens (tertiary/aromatic N) is 2. The van der Waals surface area contributed by atoms with Crippen LogP contribution in [-0.2, 0) is 4.79 Å². The molecule has 1 fully saturated rings. The molecule has 1 aliphatic carbocycles. The lowest BCUT2D eigenvalue weighted by atomic mass is 9.94. The highest BCUT2D eigenvalue weighted by Gasteiger charge is 2.20. The second-order valence-corrected chi connectivity index (χ2v) is 7.63. The number of anilines is 1. The smallest absolute Gasteiger partial charge is 0.253 e. The van der Waals surface area contributed by atoms with Crippen molar-refractivity contribution in [1.82, 2.24) is 9.80 Å². The minimum Gasteiger partial charge on any atom is -0.339 e. The number of rotatable bonds is 9. The number of amides is 2. The maximum Gasteiger partial charge on any atom is 0.253 e. The normalized spacial score (nSPS) is 15.0. The van der Waals surface area contributed by atoms with Crippen LogP contribution in [0.5, 0.6) is 0 Å². The summed E-state index contributed by atoms with van der Waals surface area (Å²) in [4.78, 5) is 29.2. The maximum atomic E-state index is 12.8. The molecule has 0 unspecified atom stereocenters. The van der Waals surface area contributed by atoms with Crippen molar-refractivity contribution in [1.29, 1.82) is 0 Å². The SMILES string of the molecule is CCCN(CCC)C(=O)c1cccc(NC(=O)CN(C)C2CCCCC2)c1. The number of benzene rings is 1. The van der Waals surface area contributed by atoms with Crippen LogP contribution in [0.4, 0.5) is 5.69 Å². The van der Waals surface area contributed by atoms with Gasteiger partial charge in [-0.3, -0.25) is 14.5 Å². The molecule has 0 radical (unpaired) electrons. The lowest BCUT2D eigenvalue weighted by molar-refractivity contribution is -0.117. The Labute approximate surface area is 164 Å². The Balaban J connectivity index is 1.95. The monoisotopic (exact) mass is 373 g/mol. The molecule has 1 N–H and O–H groups in total. The van der Waals surface area contributed by atoms with Crippen LogP contribution in [0.1, 0.15) is 69.2 Å². The van der Waals surface area contributed by atoms with Crippen molar-refractivity contribution in [3.8, 4) is 0 Å². The van der Waals surface area contributed by atoms with Crippen molar-refractivity contribution in [2.75, 3.05) is 32.0 Å². The van der Waals surface area contributed by atoms with Crippen LogP contribution in [0, 0.1) is 0 Å². The van der Waals surface area contributed by atoms with Gasteiger partial charge in [-0.25, -0.2) is 0 Å². The Morgan fingerprint density at radius 2 is 1.74 bits per heavy atom. The molecular weight excluding hydrogens is 338 g/mol. The molecule has 1 saturated carbocycles. The lowest BCUT2D eigenvalue weighted by Crippen LogP contribution is -2.39. The second kappa shape index (κ2) is 11.1. The molecule has 2 amide bonds. The second-order valence-electron chi connectivity index (χ2n) is 7.63. The van der Waals surface area contributed by atoms with E-state index in [9.17, 15) is 9.59 Å². The van der Waals surface area contributed by atoms with E-state index in [0.29, 0.717) is 23.8 Å². The van der Waals surface area contributed by atoms with Crippen LogP contribution >= 0.6 is 0 Å². The third kappa shape index (κ3) is 6.65. The van der Waals surface area contributed by atoms with E-state index in [0.717, 1.165) is 25.9 Å². The first-order valence-corrected chi connectivity index (χ1v) is 10.4. The zero-order valence-electron chi connectivity index (χ0n) is 17.2. The van der Waals surface area contributed by atoms with Gasteiger partial charge in [0.2, 0.25) is 5.91 Å². The van der Waals surface area contributed by atoms with E-state index < -0.39 is 0 Å². The molecule has 0 heterocycles. The van der Waals surface area contributed by atoms with Crippen molar-refractivity contribution < 1.29 is 9.59 Å². The number of hydrogen-bond acceptors (Lipinski definition) is 3. The summed E-state index contributed by atoms with van der Waals surface area (Å²) in [6.07, 6.45) is 8.06. The van der Waals surface area contributed by atoms with Crippen molar-refractivity contribution in [2.45, 2.75) is 64.8 Å². The molecule has 5 heteroatoms. The van der Waals surface area contributed by atoms with Gasteiger partial charge >= 0.3 is 0 Å². The maximum absolute atomic E-state index is 12.8. The Bertz CT molecular complexity index is 605. The summed E-state index contributed by atoms with van der Waals surface area (Å²) in [7, 11) is 2.03. The summed E-state index contributed by atoms with van der Waals surface area (Å²) in [6.45, 7) is 6.07. The fourth-order valence-electron chi connectivity index (χ4n) is 3.85. The molecule has 0 spiro atoms. The van der Waals surface area contributed by atoms with Crippen LogP contribution in [0.15, 0.2) is 24.3 Å². The number of carbonyl (C=O) groups excluding carboxylic acids is 2. The van der Waals surface area contributed by atoms with E-state index in [1.54, 1.807) is 6.07 Å². The standard InChI is InChI=1S/C22H35N3O2/c1-4-14-25(15-5-2)22(27)18-10-9-11-19(16-18)23-21(26)17-24(3)20-12-7-6-8-13-20/h9-11,16,20H,4-8,12-15,17H2,1-3H3,(H,23,26). The van der Waals surface area contributed by atoms with Crippen LogP contribution in [0.25, 0.3) is 0 Å². The highest BCUT2D eigenvalue weighted by molar-refractivity contribution is 5.97. The molecule has 0 bridgehead atoms. The summed E-state index contributed by atoms with van der Waals surface area (Å²) in [6, 6.07) is 7.81. The van der Waals surface area contributed by atoms with Gasteiger partial charge < -0.3 is 10.2 Å².